The third kappa shape index (κ3) is 2.50. The summed E-state index contributed by atoms with van der Waals surface area (Å²) in [5.41, 5.74) is 4.07. The summed E-state index contributed by atoms with van der Waals surface area (Å²) in [5, 5.41) is 11.9. The fourth-order valence-electron chi connectivity index (χ4n) is 1.08. The molecule has 0 aliphatic rings. The fraction of sp³-hybridized carbons (Fsp3) is 0.273. The minimum atomic E-state index is -1.15. The highest BCUT2D eigenvalue weighted by atomic mass is 16.3. The van der Waals surface area contributed by atoms with Gasteiger partial charge in [0.2, 0.25) is 5.91 Å². The van der Waals surface area contributed by atoms with E-state index in [-0.39, 0.29) is 11.3 Å². The molecule has 2 amide bonds. The van der Waals surface area contributed by atoms with Crippen LogP contribution in [0.1, 0.15) is 24.2 Å². The second-order valence-corrected chi connectivity index (χ2v) is 3.96. The monoisotopic (exact) mass is 222 g/mol. The van der Waals surface area contributed by atoms with Gasteiger partial charge in [-0.25, -0.2) is 0 Å². The molecule has 0 atom stereocenters. The third-order valence-electron chi connectivity index (χ3n) is 2.19. The van der Waals surface area contributed by atoms with E-state index in [1.54, 1.807) is 12.1 Å². The van der Waals surface area contributed by atoms with E-state index in [0.717, 1.165) is 0 Å². The Hall–Kier alpha value is -2.04. The summed E-state index contributed by atoms with van der Waals surface area (Å²) in [6.45, 7) is 2.99. The maximum atomic E-state index is 11.7. The Morgan fingerprint density at radius 2 is 1.88 bits per heavy atom. The van der Waals surface area contributed by atoms with Crippen LogP contribution in [0.3, 0.4) is 0 Å². The largest absolute Gasteiger partial charge is 0.507 e. The van der Waals surface area contributed by atoms with E-state index in [0.29, 0.717) is 0 Å². The Bertz CT molecular complexity index is 427. The molecule has 0 aromatic heterocycles. The highest BCUT2D eigenvalue weighted by Crippen LogP contribution is 2.16. The number of para-hydroxylation sites is 1. The van der Waals surface area contributed by atoms with Gasteiger partial charge in [0.05, 0.1) is 5.56 Å². The van der Waals surface area contributed by atoms with Crippen LogP contribution in [0.5, 0.6) is 5.75 Å². The molecule has 0 fully saturated rings. The van der Waals surface area contributed by atoms with Gasteiger partial charge in [-0.1, -0.05) is 12.1 Å². The number of carbonyl (C=O) groups is 2. The molecule has 0 heterocycles. The fourth-order valence-corrected chi connectivity index (χ4v) is 1.08. The quantitative estimate of drug-likeness (QED) is 0.690. The molecule has 16 heavy (non-hydrogen) atoms. The van der Waals surface area contributed by atoms with Crippen LogP contribution < -0.4 is 11.1 Å². The molecule has 0 saturated carbocycles. The van der Waals surface area contributed by atoms with Crippen LogP contribution in [-0.4, -0.2) is 22.5 Å². The first-order valence-corrected chi connectivity index (χ1v) is 4.75. The number of phenolic OH excluding ortho intramolecular Hbond substituents is 1. The zero-order valence-corrected chi connectivity index (χ0v) is 9.15. The number of benzene rings is 1. The van der Waals surface area contributed by atoms with Crippen molar-refractivity contribution in [3.8, 4) is 5.75 Å². The van der Waals surface area contributed by atoms with Crippen LogP contribution >= 0.6 is 0 Å². The standard InChI is InChI=1S/C11H14N2O3/c1-11(2,10(12)16)13-9(15)7-5-3-4-6-8(7)14/h3-6,14H,1-2H3,(H2,12,16)(H,13,15). The number of hydrogen-bond donors (Lipinski definition) is 3. The van der Waals surface area contributed by atoms with Gasteiger partial charge in [-0.05, 0) is 26.0 Å². The number of carbonyl (C=O) groups excluding carboxylic acids is 2. The SMILES string of the molecule is CC(C)(NC(=O)c1ccccc1O)C(N)=O. The lowest BCUT2D eigenvalue weighted by Gasteiger charge is -2.22. The Morgan fingerprint density at radius 3 is 2.38 bits per heavy atom. The molecule has 5 nitrogen and oxygen atoms in total. The molecule has 0 aliphatic carbocycles. The molecule has 0 spiro atoms. The Kier molecular flexibility index (Phi) is 3.17. The van der Waals surface area contributed by atoms with E-state index < -0.39 is 17.4 Å². The van der Waals surface area contributed by atoms with Gasteiger partial charge in [0.1, 0.15) is 11.3 Å². The van der Waals surface area contributed by atoms with Gasteiger partial charge in [-0.2, -0.15) is 0 Å². The maximum absolute atomic E-state index is 11.7. The van der Waals surface area contributed by atoms with Crippen molar-refractivity contribution in [1.82, 2.24) is 5.32 Å². The first kappa shape index (κ1) is 12.0. The number of hydrogen-bond acceptors (Lipinski definition) is 3. The molecular formula is C11H14N2O3. The van der Waals surface area contributed by atoms with Crippen LogP contribution in [0, 0.1) is 0 Å². The van der Waals surface area contributed by atoms with Gasteiger partial charge in [-0.3, -0.25) is 9.59 Å². The molecule has 0 aliphatic heterocycles. The van der Waals surface area contributed by atoms with Crippen LogP contribution in [0.15, 0.2) is 24.3 Å². The average Bonchev–Trinajstić information content (AvgIpc) is 2.17. The van der Waals surface area contributed by atoms with E-state index >= 15 is 0 Å². The van der Waals surface area contributed by atoms with E-state index in [1.165, 1.54) is 26.0 Å². The normalized spacial score (nSPS) is 10.9. The van der Waals surface area contributed by atoms with Crippen molar-refractivity contribution in [3.05, 3.63) is 29.8 Å². The van der Waals surface area contributed by atoms with Gasteiger partial charge in [0.25, 0.3) is 5.91 Å². The van der Waals surface area contributed by atoms with Gasteiger partial charge in [0, 0.05) is 0 Å². The zero-order chi connectivity index (χ0) is 12.3. The molecule has 0 radical (unpaired) electrons. The first-order valence-electron chi connectivity index (χ1n) is 4.75. The molecule has 1 aromatic carbocycles. The zero-order valence-electron chi connectivity index (χ0n) is 9.15. The van der Waals surface area contributed by atoms with E-state index in [4.69, 9.17) is 5.73 Å². The lowest BCUT2D eigenvalue weighted by molar-refractivity contribution is -0.122. The summed E-state index contributed by atoms with van der Waals surface area (Å²) in [5.74, 6) is -1.32. The van der Waals surface area contributed by atoms with Crippen molar-refractivity contribution >= 4 is 11.8 Å². The number of aromatic hydroxyl groups is 1. The average molecular weight is 222 g/mol. The summed E-state index contributed by atoms with van der Waals surface area (Å²) in [6.07, 6.45) is 0. The third-order valence-corrected chi connectivity index (χ3v) is 2.19. The first-order chi connectivity index (χ1) is 7.34. The van der Waals surface area contributed by atoms with Gasteiger partial charge in [0.15, 0.2) is 0 Å². The molecular weight excluding hydrogens is 208 g/mol. The van der Waals surface area contributed by atoms with Crippen LogP contribution in [-0.2, 0) is 4.79 Å². The van der Waals surface area contributed by atoms with Crippen molar-refractivity contribution in [2.75, 3.05) is 0 Å². The summed E-state index contributed by atoms with van der Waals surface area (Å²) in [4.78, 5) is 22.7. The number of primary amides is 1. The van der Waals surface area contributed by atoms with Crippen molar-refractivity contribution in [3.63, 3.8) is 0 Å². The summed E-state index contributed by atoms with van der Waals surface area (Å²) < 4.78 is 0. The lowest BCUT2D eigenvalue weighted by Crippen LogP contribution is -2.53. The van der Waals surface area contributed by atoms with E-state index in [9.17, 15) is 14.7 Å². The number of nitrogens with two attached hydrogens (primary N) is 1. The predicted molar refractivity (Wildman–Crippen MR) is 58.8 cm³/mol. The molecule has 0 unspecified atom stereocenters. The van der Waals surface area contributed by atoms with Crippen LogP contribution in [0.25, 0.3) is 0 Å². The topological polar surface area (TPSA) is 92.4 Å². The minimum absolute atomic E-state index is 0.108. The molecule has 0 saturated heterocycles. The summed E-state index contributed by atoms with van der Waals surface area (Å²) >= 11 is 0. The highest BCUT2D eigenvalue weighted by Gasteiger charge is 2.27. The van der Waals surface area contributed by atoms with Crippen LogP contribution in [0.2, 0.25) is 0 Å². The van der Waals surface area contributed by atoms with Crippen molar-refractivity contribution < 1.29 is 14.7 Å². The molecule has 0 bridgehead atoms. The Morgan fingerprint density at radius 1 is 1.31 bits per heavy atom. The molecule has 86 valence electrons. The molecule has 1 rings (SSSR count). The lowest BCUT2D eigenvalue weighted by atomic mass is 10.0. The van der Waals surface area contributed by atoms with Crippen molar-refractivity contribution in [1.29, 1.82) is 0 Å². The van der Waals surface area contributed by atoms with E-state index in [1.807, 2.05) is 0 Å². The second-order valence-electron chi connectivity index (χ2n) is 3.96. The predicted octanol–water partition coefficient (Wildman–Crippen LogP) is 0.386. The molecule has 1 aromatic rings. The van der Waals surface area contributed by atoms with Gasteiger partial charge in [-0.15, -0.1) is 0 Å². The van der Waals surface area contributed by atoms with Gasteiger partial charge >= 0.3 is 0 Å². The van der Waals surface area contributed by atoms with Gasteiger partial charge < -0.3 is 16.2 Å². The number of phenols is 1. The smallest absolute Gasteiger partial charge is 0.255 e. The van der Waals surface area contributed by atoms with Crippen LogP contribution in [0.4, 0.5) is 0 Å². The molecule has 5 heteroatoms. The highest BCUT2D eigenvalue weighted by molar-refractivity contribution is 6.00. The number of rotatable bonds is 3. The molecule has 4 N–H and O–H groups in total. The summed E-state index contributed by atoms with van der Waals surface area (Å²) in [7, 11) is 0. The van der Waals surface area contributed by atoms with Crippen molar-refractivity contribution in [2.45, 2.75) is 19.4 Å². The summed E-state index contributed by atoms with van der Waals surface area (Å²) in [6, 6.07) is 6.07. The van der Waals surface area contributed by atoms with E-state index in [2.05, 4.69) is 5.32 Å². The Balaban J connectivity index is 2.89. The minimum Gasteiger partial charge on any atom is -0.507 e. The van der Waals surface area contributed by atoms with Crippen molar-refractivity contribution in [2.24, 2.45) is 5.73 Å². The maximum Gasteiger partial charge on any atom is 0.255 e. The number of amides is 2. The number of nitrogens with one attached hydrogen (secondary N) is 1. The Labute approximate surface area is 93.3 Å². The second kappa shape index (κ2) is 4.22.